The van der Waals surface area contributed by atoms with Crippen molar-refractivity contribution in [2.45, 2.75) is 64.7 Å². The minimum atomic E-state index is -4.55. The minimum Gasteiger partial charge on any atom is -0.347 e. The van der Waals surface area contributed by atoms with Gasteiger partial charge in [-0.15, -0.1) is 0 Å². The lowest BCUT2D eigenvalue weighted by molar-refractivity contribution is -0.138. The minimum absolute atomic E-state index is 0.147. The average molecular weight is 526 g/mol. The van der Waals surface area contributed by atoms with E-state index in [1.807, 2.05) is 13.8 Å². The van der Waals surface area contributed by atoms with Gasteiger partial charge < -0.3 is 16.0 Å². The predicted octanol–water partition coefficient (Wildman–Crippen LogP) is 3.83. The molecule has 1 unspecified atom stereocenters. The Morgan fingerprint density at radius 3 is 2.46 bits per heavy atom. The van der Waals surface area contributed by atoms with Crippen LogP contribution in [0.1, 0.15) is 55.6 Å². The SMILES string of the molecule is CCC(C1CCC1)[C@H](NC(=O)c1ccnn1CC)C(=O)Nc1ccc(CC(=O)NCC(F)(F)F)cc1F. The predicted molar refractivity (Wildman–Crippen MR) is 128 cm³/mol. The molecule has 1 aromatic carbocycles. The zero-order valence-electron chi connectivity index (χ0n) is 20.7. The lowest BCUT2D eigenvalue weighted by Gasteiger charge is -2.37. The van der Waals surface area contributed by atoms with Crippen LogP contribution in [0.15, 0.2) is 30.5 Å². The number of hydrogen-bond acceptors (Lipinski definition) is 4. The summed E-state index contributed by atoms with van der Waals surface area (Å²) in [5, 5.41) is 11.2. The highest BCUT2D eigenvalue weighted by atomic mass is 19.4. The number of amides is 3. The van der Waals surface area contributed by atoms with Crippen molar-refractivity contribution in [2.75, 3.05) is 11.9 Å². The van der Waals surface area contributed by atoms with Crippen LogP contribution in [-0.2, 0) is 22.6 Å². The highest BCUT2D eigenvalue weighted by Gasteiger charge is 2.37. The van der Waals surface area contributed by atoms with Crippen molar-refractivity contribution in [1.82, 2.24) is 20.4 Å². The van der Waals surface area contributed by atoms with Crippen LogP contribution >= 0.6 is 0 Å². The van der Waals surface area contributed by atoms with Crippen LogP contribution in [0, 0.1) is 17.7 Å². The molecule has 3 rings (SSSR count). The number of benzene rings is 1. The smallest absolute Gasteiger partial charge is 0.347 e. The Hall–Kier alpha value is -3.44. The van der Waals surface area contributed by atoms with Crippen LogP contribution < -0.4 is 16.0 Å². The van der Waals surface area contributed by atoms with Gasteiger partial charge in [0.2, 0.25) is 11.8 Å². The van der Waals surface area contributed by atoms with Gasteiger partial charge in [0.05, 0.1) is 12.1 Å². The molecule has 1 saturated carbocycles. The molecule has 0 spiro atoms. The van der Waals surface area contributed by atoms with Gasteiger partial charge in [-0.25, -0.2) is 4.39 Å². The first-order valence-corrected chi connectivity index (χ1v) is 12.3. The third-order valence-corrected chi connectivity index (χ3v) is 6.61. The number of carbonyl (C=O) groups excluding carboxylic acids is 3. The van der Waals surface area contributed by atoms with Crippen LogP contribution in [0.25, 0.3) is 0 Å². The molecule has 1 aromatic heterocycles. The first-order valence-electron chi connectivity index (χ1n) is 12.3. The number of alkyl halides is 3. The van der Waals surface area contributed by atoms with E-state index in [2.05, 4.69) is 15.7 Å². The fourth-order valence-corrected chi connectivity index (χ4v) is 4.50. The number of halogens is 4. The fraction of sp³-hybridized carbons (Fsp3) is 0.520. The number of aromatic nitrogens is 2. The largest absolute Gasteiger partial charge is 0.405 e. The molecule has 0 radical (unpaired) electrons. The molecule has 1 heterocycles. The molecule has 1 aliphatic carbocycles. The quantitative estimate of drug-likeness (QED) is 0.388. The Morgan fingerprint density at radius 2 is 1.89 bits per heavy atom. The maximum absolute atomic E-state index is 14.8. The number of carbonyl (C=O) groups is 3. The van der Waals surface area contributed by atoms with Gasteiger partial charge in [-0.3, -0.25) is 19.1 Å². The Morgan fingerprint density at radius 1 is 1.16 bits per heavy atom. The second kappa shape index (κ2) is 12.2. The van der Waals surface area contributed by atoms with E-state index in [-0.39, 0.29) is 23.1 Å². The molecule has 8 nitrogen and oxygen atoms in total. The summed E-state index contributed by atoms with van der Waals surface area (Å²) in [6, 6.07) is 4.22. The maximum Gasteiger partial charge on any atom is 0.405 e. The molecule has 0 aliphatic heterocycles. The van der Waals surface area contributed by atoms with Crippen LogP contribution in [0.5, 0.6) is 0 Å². The summed E-state index contributed by atoms with van der Waals surface area (Å²) in [5.74, 6) is -2.70. The number of nitrogens with zero attached hydrogens (tertiary/aromatic N) is 2. The molecular formula is C25H31F4N5O3. The van der Waals surface area contributed by atoms with E-state index in [4.69, 9.17) is 0 Å². The van der Waals surface area contributed by atoms with Gasteiger partial charge in [0.15, 0.2) is 0 Å². The van der Waals surface area contributed by atoms with E-state index in [9.17, 15) is 31.9 Å². The first kappa shape index (κ1) is 28.1. The van der Waals surface area contributed by atoms with Gasteiger partial charge in [-0.1, -0.05) is 38.7 Å². The second-order valence-corrected chi connectivity index (χ2v) is 9.12. The second-order valence-electron chi connectivity index (χ2n) is 9.12. The summed E-state index contributed by atoms with van der Waals surface area (Å²) in [6.45, 7) is 2.76. The third-order valence-electron chi connectivity index (χ3n) is 6.61. The molecule has 0 saturated heterocycles. The molecule has 0 bridgehead atoms. The molecule has 3 amide bonds. The molecule has 1 aliphatic rings. The van der Waals surface area contributed by atoms with Crippen LogP contribution in [0.2, 0.25) is 0 Å². The summed E-state index contributed by atoms with van der Waals surface area (Å²) >= 11 is 0. The molecule has 1 fully saturated rings. The van der Waals surface area contributed by atoms with Crippen molar-refractivity contribution < 1.29 is 31.9 Å². The monoisotopic (exact) mass is 525 g/mol. The van der Waals surface area contributed by atoms with Crippen molar-refractivity contribution in [1.29, 1.82) is 0 Å². The average Bonchev–Trinajstić information content (AvgIpc) is 3.29. The van der Waals surface area contributed by atoms with E-state index < -0.39 is 48.7 Å². The lowest BCUT2D eigenvalue weighted by atomic mass is 9.71. The zero-order valence-corrected chi connectivity index (χ0v) is 20.7. The van der Waals surface area contributed by atoms with E-state index in [0.717, 1.165) is 25.3 Å². The Kier molecular flexibility index (Phi) is 9.28. The Labute approximate surface area is 212 Å². The van der Waals surface area contributed by atoms with Crippen molar-refractivity contribution >= 4 is 23.4 Å². The van der Waals surface area contributed by atoms with Gasteiger partial charge in [-0.05, 0) is 42.5 Å². The molecule has 12 heteroatoms. The van der Waals surface area contributed by atoms with Crippen molar-refractivity contribution in [3.05, 3.63) is 47.5 Å². The number of aryl methyl sites for hydroxylation is 1. The Bertz CT molecular complexity index is 1110. The summed E-state index contributed by atoms with van der Waals surface area (Å²) in [4.78, 5) is 38.0. The number of rotatable bonds is 11. The normalized spacial score (nSPS) is 15.4. The topological polar surface area (TPSA) is 105 Å². The van der Waals surface area contributed by atoms with Gasteiger partial charge in [-0.2, -0.15) is 18.3 Å². The van der Waals surface area contributed by atoms with E-state index in [1.54, 1.807) is 11.4 Å². The standard InChI is InChI=1S/C25H31F4N5O3/c1-3-17(16-6-5-7-16)22(33-23(36)20-10-11-31-34(20)4-2)24(37)32-19-9-8-15(12-18(19)26)13-21(35)30-14-25(27,28)29/h8-12,16-17,22H,3-7,13-14H2,1-2H3,(H,30,35)(H,32,37)(H,33,36)/t17?,22-/m0/s1. The van der Waals surface area contributed by atoms with Gasteiger partial charge >= 0.3 is 6.18 Å². The van der Waals surface area contributed by atoms with Gasteiger partial charge in [0, 0.05) is 12.7 Å². The van der Waals surface area contributed by atoms with Crippen molar-refractivity contribution in [3.8, 4) is 0 Å². The van der Waals surface area contributed by atoms with Crippen LogP contribution in [-0.4, -0.2) is 46.3 Å². The molecule has 37 heavy (non-hydrogen) atoms. The number of anilines is 1. The molecular weight excluding hydrogens is 494 g/mol. The number of nitrogens with one attached hydrogen (secondary N) is 3. The third kappa shape index (κ3) is 7.53. The summed E-state index contributed by atoms with van der Waals surface area (Å²) in [7, 11) is 0. The Balaban J connectivity index is 1.73. The van der Waals surface area contributed by atoms with Gasteiger partial charge in [0.25, 0.3) is 5.91 Å². The highest BCUT2D eigenvalue weighted by molar-refractivity contribution is 6.00. The van der Waals surface area contributed by atoms with Gasteiger partial charge in [0.1, 0.15) is 24.1 Å². The lowest BCUT2D eigenvalue weighted by Crippen LogP contribution is -2.51. The molecule has 2 atom stereocenters. The first-order chi connectivity index (χ1) is 17.5. The summed E-state index contributed by atoms with van der Waals surface area (Å²) < 4.78 is 53.1. The molecule has 2 aromatic rings. The van der Waals surface area contributed by atoms with E-state index >= 15 is 0 Å². The summed E-state index contributed by atoms with van der Waals surface area (Å²) in [6.07, 6.45) is 0.0346. The van der Waals surface area contributed by atoms with Crippen LogP contribution in [0.4, 0.5) is 23.2 Å². The maximum atomic E-state index is 14.8. The van der Waals surface area contributed by atoms with Crippen molar-refractivity contribution in [2.24, 2.45) is 11.8 Å². The number of hydrogen-bond donors (Lipinski definition) is 3. The summed E-state index contributed by atoms with van der Waals surface area (Å²) in [5.41, 5.74) is 0.294. The van der Waals surface area contributed by atoms with E-state index in [1.165, 1.54) is 23.0 Å². The zero-order chi connectivity index (χ0) is 27.2. The fourth-order valence-electron chi connectivity index (χ4n) is 4.50. The molecule has 3 N–H and O–H groups in total. The van der Waals surface area contributed by atoms with E-state index in [0.29, 0.717) is 18.7 Å². The highest BCUT2D eigenvalue weighted by Crippen LogP contribution is 2.37. The van der Waals surface area contributed by atoms with Crippen LogP contribution in [0.3, 0.4) is 0 Å². The van der Waals surface area contributed by atoms with Crippen molar-refractivity contribution in [3.63, 3.8) is 0 Å². The molecule has 202 valence electrons.